The number of morpholine rings is 1. The van der Waals surface area contributed by atoms with E-state index >= 15 is 0 Å². The van der Waals surface area contributed by atoms with Crippen molar-refractivity contribution in [3.8, 4) is 0 Å². The fourth-order valence-corrected chi connectivity index (χ4v) is 3.97. The third-order valence-corrected chi connectivity index (χ3v) is 5.51. The van der Waals surface area contributed by atoms with Crippen LogP contribution in [0.3, 0.4) is 0 Å². The molecule has 0 saturated carbocycles. The Morgan fingerprint density at radius 1 is 1.21 bits per heavy atom. The molecule has 2 fully saturated rings. The Morgan fingerprint density at radius 2 is 2.07 bits per heavy atom. The van der Waals surface area contributed by atoms with Crippen LogP contribution in [0.5, 0.6) is 0 Å². The predicted octanol–water partition coefficient (Wildman–Crippen LogP) is 3.28. The van der Waals surface area contributed by atoms with Gasteiger partial charge in [0, 0.05) is 13.1 Å². The molecule has 2 amide bonds. The molecule has 0 bridgehead atoms. The fraction of sp³-hybridized carbons (Fsp3) is 0.400. The van der Waals surface area contributed by atoms with E-state index in [-0.39, 0.29) is 28.7 Å². The van der Waals surface area contributed by atoms with Gasteiger partial charge in [-0.15, -0.1) is 0 Å². The largest absolute Gasteiger partial charge is 0.459 e. The lowest BCUT2D eigenvalue weighted by atomic mass is 10.1. The van der Waals surface area contributed by atoms with E-state index in [0.717, 1.165) is 12.0 Å². The standard InChI is InChI=1S/C20H20ClFN2O4/c21-14-11-13(5-6-15(14)22)18-12-23(8-10-28-18)19(25)16-3-1-7-24(16)20(26)17-4-2-9-27-17/h2,4-6,9,11,16,18H,1,3,7-8,10,12H2. The highest BCUT2D eigenvalue weighted by atomic mass is 35.5. The van der Waals surface area contributed by atoms with Crippen LogP contribution in [0.25, 0.3) is 0 Å². The van der Waals surface area contributed by atoms with Crippen LogP contribution in [-0.2, 0) is 9.53 Å². The van der Waals surface area contributed by atoms with E-state index in [4.69, 9.17) is 20.8 Å². The van der Waals surface area contributed by atoms with Gasteiger partial charge in [-0.25, -0.2) is 4.39 Å². The number of halogens is 2. The predicted molar refractivity (Wildman–Crippen MR) is 99.4 cm³/mol. The Hall–Kier alpha value is -2.38. The summed E-state index contributed by atoms with van der Waals surface area (Å²) in [6.45, 7) is 1.67. The molecule has 6 nitrogen and oxygen atoms in total. The lowest BCUT2D eigenvalue weighted by molar-refractivity contribution is -0.143. The van der Waals surface area contributed by atoms with Gasteiger partial charge in [0.05, 0.1) is 24.4 Å². The quantitative estimate of drug-likeness (QED) is 0.784. The number of carbonyl (C=O) groups is 2. The lowest BCUT2D eigenvalue weighted by Gasteiger charge is -2.36. The van der Waals surface area contributed by atoms with Crippen molar-refractivity contribution < 1.29 is 23.1 Å². The minimum atomic E-state index is -0.506. The van der Waals surface area contributed by atoms with Gasteiger partial charge in [-0.05, 0) is 42.7 Å². The van der Waals surface area contributed by atoms with Gasteiger partial charge in [-0.3, -0.25) is 9.59 Å². The second kappa shape index (κ2) is 7.93. The zero-order valence-corrected chi connectivity index (χ0v) is 15.9. The summed E-state index contributed by atoms with van der Waals surface area (Å²) in [4.78, 5) is 29.1. The molecule has 1 aromatic heterocycles. The molecule has 8 heteroatoms. The van der Waals surface area contributed by atoms with Crippen molar-refractivity contribution in [3.63, 3.8) is 0 Å². The van der Waals surface area contributed by atoms with E-state index in [9.17, 15) is 14.0 Å². The molecule has 3 heterocycles. The Morgan fingerprint density at radius 3 is 2.82 bits per heavy atom. The molecule has 2 atom stereocenters. The minimum Gasteiger partial charge on any atom is -0.459 e. The average molecular weight is 407 g/mol. The van der Waals surface area contributed by atoms with Crippen molar-refractivity contribution in [1.29, 1.82) is 0 Å². The van der Waals surface area contributed by atoms with Crippen LogP contribution >= 0.6 is 11.6 Å². The van der Waals surface area contributed by atoms with Crippen LogP contribution < -0.4 is 0 Å². The van der Waals surface area contributed by atoms with Crippen LogP contribution in [0.4, 0.5) is 4.39 Å². The molecule has 0 radical (unpaired) electrons. The van der Waals surface area contributed by atoms with Crippen LogP contribution in [0, 0.1) is 5.82 Å². The van der Waals surface area contributed by atoms with Gasteiger partial charge < -0.3 is 19.0 Å². The minimum absolute atomic E-state index is 0.0237. The number of likely N-dealkylation sites (tertiary alicyclic amines) is 1. The van der Waals surface area contributed by atoms with Crippen LogP contribution in [0.2, 0.25) is 5.02 Å². The first-order valence-corrected chi connectivity index (χ1v) is 9.62. The number of nitrogens with zero attached hydrogens (tertiary/aromatic N) is 2. The molecule has 0 N–H and O–H groups in total. The highest BCUT2D eigenvalue weighted by Crippen LogP contribution is 2.28. The average Bonchev–Trinajstić information content (AvgIpc) is 3.41. The summed E-state index contributed by atoms with van der Waals surface area (Å²) in [7, 11) is 0. The van der Waals surface area contributed by atoms with Crippen LogP contribution in [0.15, 0.2) is 41.0 Å². The van der Waals surface area contributed by atoms with E-state index in [2.05, 4.69) is 0 Å². The maximum Gasteiger partial charge on any atom is 0.290 e. The maximum atomic E-state index is 13.4. The SMILES string of the molecule is O=C(C1CCCN1C(=O)c1ccco1)N1CCOC(c2ccc(F)c(Cl)c2)C1. The van der Waals surface area contributed by atoms with Gasteiger partial charge >= 0.3 is 0 Å². The topological polar surface area (TPSA) is 63.0 Å². The van der Waals surface area contributed by atoms with Crippen molar-refractivity contribution in [1.82, 2.24) is 9.80 Å². The normalized spacial score (nSPS) is 22.5. The fourth-order valence-electron chi connectivity index (χ4n) is 3.78. The second-order valence-electron chi connectivity index (χ2n) is 6.95. The van der Waals surface area contributed by atoms with Crippen molar-refractivity contribution in [2.24, 2.45) is 0 Å². The number of carbonyl (C=O) groups excluding carboxylic acids is 2. The zero-order valence-electron chi connectivity index (χ0n) is 15.1. The molecule has 148 valence electrons. The highest BCUT2D eigenvalue weighted by molar-refractivity contribution is 6.30. The Balaban J connectivity index is 1.47. The van der Waals surface area contributed by atoms with E-state index in [1.807, 2.05) is 0 Å². The molecular weight excluding hydrogens is 387 g/mol. The smallest absolute Gasteiger partial charge is 0.290 e. The molecule has 2 aromatic rings. The molecule has 2 aliphatic heterocycles. The number of rotatable bonds is 3. The molecule has 2 aliphatic rings. The van der Waals surface area contributed by atoms with Gasteiger partial charge in [0.1, 0.15) is 18.0 Å². The molecule has 2 saturated heterocycles. The Labute approximate surface area is 166 Å². The van der Waals surface area contributed by atoms with E-state index < -0.39 is 11.9 Å². The number of hydrogen-bond acceptors (Lipinski definition) is 4. The van der Waals surface area contributed by atoms with E-state index in [1.165, 1.54) is 18.4 Å². The lowest BCUT2D eigenvalue weighted by Crippen LogP contribution is -2.51. The summed E-state index contributed by atoms with van der Waals surface area (Å²) >= 11 is 5.87. The monoisotopic (exact) mass is 406 g/mol. The summed E-state index contributed by atoms with van der Waals surface area (Å²) in [5, 5.41) is 0.0237. The molecule has 4 rings (SSSR count). The van der Waals surface area contributed by atoms with E-state index in [1.54, 1.807) is 28.0 Å². The van der Waals surface area contributed by atoms with Crippen molar-refractivity contribution in [3.05, 3.63) is 58.8 Å². The first kappa shape index (κ1) is 19.0. The molecule has 0 spiro atoms. The molecule has 0 aliphatic carbocycles. The Bertz CT molecular complexity index is 873. The first-order valence-electron chi connectivity index (χ1n) is 9.24. The molecule has 2 unspecified atom stereocenters. The Kier molecular flexibility index (Phi) is 5.37. The summed E-state index contributed by atoms with van der Waals surface area (Å²) in [5.41, 5.74) is 0.721. The number of ether oxygens (including phenoxy) is 1. The summed E-state index contributed by atoms with van der Waals surface area (Å²) in [6.07, 6.45) is 2.45. The number of amides is 2. The number of hydrogen-bond donors (Lipinski definition) is 0. The van der Waals surface area contributed by atoms with Crippen LogP contribution in [-0.4, -0.2) is 53.9 Å². The van der Waals surface area contributed by atoms with Gasteiger partial charge in [-0.2, -0.15) is 0 Å². The number of benzene rings is 1. The van der Waals surface area contributed by atoms with Gasteiger partial charge in [0.15, 0.2) is 5.76 Å². The third kappa shape index (κ3) is 3.64. The van der Waals surface area contributed by atoms with Crippen LogP contribution in [0.1, 0.15) is 35.1 Å². The molecule has 1 aromatic carbocycles. The molecule has 28 heavy (non-hydrogen) atoms. The van der Waals surface area contributed by atoms with Gasteiger partial charge in [0.25, 0.3) is 5.91 Å². The van der Waals surface area contributed by atoms with Crippen molar-refractivity contribution >= 4 is 23.4 Å². The number of furan rings is 1. The van der Waals surface area contributed by atoms with Crippen molar-refractivity contribution in [2.45, 2.75) is 25.0 Å². The van der Waals surface area contributed by atoms with Crippen molar-refractivity contribution in [2.75, 3.05) is 26.2 Å². The third-order valence-electron chi connectivity index (χ3n) is 5.22. The van der Waals surface area contributed by atoms with Gasteiger partial charge in [-0.1, -0.05) is 17.7 Å². The maximum absolute atomic E-state index is 13.4. The highest BCUT2D eigenvalue weighted by Gasteiger charge is 2.39. The summed E-state index contributed by atoms with van der Waals surface area (Å²) < 4.78 is 24.4. The summed E-state index contributed by atoms with van der Waals surface area (Å²) in [6, 6.07) is 7.18. The first-order chi connectivity index (χ1) is 13.5. The van der Waals surface area contributed by atoms with Gasteiger partial charge in [0.2, 0.25) is 5.91 Å². The second-order valence-corrected chi connectivity index (χ2v) is 7.36. The summed E-state index contributed by atoms with van der Waals surface area (Å²) in [5.74, 6) is -0.623. The molecular formula is C20H20ClFN2O4. The zero-order chi connectivity index (χ0) is 19.7. The van der Waals surface area contributed by atoms with E-state index in [0.29, 0.717) is 32.7 Å².